The smallest absolute Gasteiger partial charge is 0.185 e. The highest BCUT2D eigenvalue weighted by atomic mass is 32.2. The van der Waals surface area contributed by atoms with Gasteiger partial charge >= 0.3 is 0 Å². The summed E-state index contributed by atoms with van der Waals surface area (Å²) in [4.78, 5) is 0.167. The molecule has 1 aromatic carbocycles. The van der Waals surface area contributed by atoms with Gasteiger partial charge in [-0.05, 0) is 37.6 Å². The van der Waals surface area contributed by atoms with Gasteiger partial charge in [0.25, 0.3) is 0 Å². The van der Waals surface area contributed by atoms with Crippen LogP contribution in [-0.4, -0.2) is 27.2 Å². The average molecular weight is 247 g/mol. The zero-order valence-electron chi connectivity index (χ0n) is 8.67. The lowest BCUT2D eigenvalue weighted by atomic mass is 10.3. The van der Waals surface area contributed by atoms with Crippen LogP contribution in [0.5, 0.6) is 0 Å². The summed E-state index contributed by atoms with van der Waals surface area (Å²) in [6.45, 7) is 2.92. The summed E-state index contributed by atoms with van der Waals surface area (Å²) >= 11 is 0. The highest BCUT2D eigenvalue weighted by Crippen LogP contribution is 2.39. The Labute approximate surface area is 89.8 Å². The Morgan fingerprint density at radius 1 is 1.20 bits per heavy atom. The molecule has 4 nitrogen and oxygen atoms in total. The average Bonchev–Trinajstić information content (AvgIpc) is 2.00. The number of anilines is 1. The highest BCUT2D eigenvalue weighted by molar-refractivity contribution is 7.98. The molecule has 0 saturated carbocycles. The van der Waals surface area contributed by atoms with Crippen molar-refractivity contribution in [1.29, 1.82) is 0 Å². The van der Waals surface area contributed by atoms with Crippen LogP contribution in [0.25, 0.3) is 0 Å². The standard InChI is InChI=1S/C9H14NO3PS/c1-14(2,11)7-15(12,13)9-5-3-8(10)4-6-9/h3-6H,7,10H2,1-2H3. The molecular weight excluding hydrogens is 233 g/mol. The first kappa shape index (κ1) is 12.3. The van der Waals surface area contributed by atoms with Crippen LogP contribution in [0.3, 0.4) is 0 Å². The molecule has 0 saturated heterocycles. The summed E-state index contributed by atoms with van der Waals surface area (Å²) in [6, 6.07) is 5.90. The maximum atomic E-state index is 11.7. The fourth-order valence-electron chi connectivity index (χ4n) is 1.16. The maximum Gasteiger partial charge on any atom is 0.185 e. The number of hydrogen-bond acceptors (Lipinski definition) is 4. The van der Waals surface area contributed by atoms with Gasteiger partial charge in [-0.15, -0.1) is 0 Å². The van der Waals surface area contributed by atoms with Crippen molar-refractivity contribution in [1.82, 2.24) is 0 Å². The van der Waals surface area contributed by atoms with Crippen LogP contribution in [0, 0.1) is 0 Å². The number of hydrogen-bond donors (Lipinski definition) is 1. The minimum absolute atomic E-state index is 0.167. The fraction of sp³-hybridized carbons (Fsp3) is 0.333. The lowest BCUT2D eigenvalue weighted by Gasteiger charge is -2.08. The first-order chi connectivity index (χ1) is 6.71. The molecule has 0 heterocycles. The Balaban J connectivity index is 3.07. The van der Waals surface area contributed by atoms with Gasteiger partial charge in [-0.25, -0.2) is 8.42 Å². The van der Waals surface area contributed by atoms with Gasteiger partial charge in [-0.1, -0.05) is 0 Å². The van der Waals surface area contributed by atoms with E-state index < -0.39 is 17.0 Å². The Bertz CT molecular complexity index is 487. The van der Waals surface area contributed by atoms with E-state index in [4.69, 9.17) is 5.73 Å². The van der Waals surface area contributed by atoms with Crippen molar-refractivity contribution >= 4 is 22.7 Å². The number of rotatable bonds is 3. The summed E-state index contributed by atoms with van der Waals surface area (Å²) < 4.78 is 35.0. The van der Waals surface area contributed by atoms with Gasteiger partial charge in [-0.3, -0.25) is 0 Å². The molecular formula is C9H14NO3PS. The molecule has 84 valence electrons. The van der Waals surface area contributed by atoms with Crippen molar-refractivity contribution in [3.05, 3.63) is 24.3 Å². The molecule has 0 radical (unpaired) electrons. The van der Waals surface area contributed by atoms with Crippen molar-refractivity contribution < 1.29 is 13.0 Å². The van der Waals surface area contributed by atoms with Crippen molar-refractivity contribution in [3.8, 4) is 0 Å². The van der Waals surface area contributed by atoms with Gasteiger partial charge in [0.1, 0.15) is 5.49 Å². The van der Waals surface area contributed by atoms with E-state index in [9.17, 15) is 13.0 Å². The fourth-order valence-corrected chi connectivity index (χ4v) is 5.58. The summed E-state index contributed by atoms with van der Waals surface area (Å²) in [5.41, 5.74) is 5.65. The zero-order valence-corrected chi connectivity index (χ0v) is 10.4. The minimum Gasteiger partial charge on any atom is -0.399 e. The molecule has 0 fully saturated rings. The molecule has 0 aliphatic carbocycles. The van der Waals surface area contributed by atoms with Gasteiger partial charge in [0.2, 0.25) is 0 Å². The highest BCUT2D eigenvalue weighted by Gasteiger charge is 2.22. The Morgan fingerprint density at radius 3 is 2.07 bits per heavy atom. The summed E-state index contributed by atoms with van der Waals surface area (Å²) in [7, 11) is -6.04. The zero-order chi connectivity index (χ0) is 11.7. The van der Waals surface area contributed by atoms with Gasteiger partial charge in [-0.2, -0.15) is 0 Å². The van der Waals surface area contributed by atoms with E-state index >= 15 is 0 Å². The Morgan fingerprint density at radius 2 is 1.67 bits per heavy atom. The van der Waals surface area contributed by atoms with Gasteiger partial charge in [0.05, 0.1) is 12.0 Å². The van der Waals surface area contributed by atoms with Crippen LogP contribution in [0.1, 0.15) is 0 Å². The molecule has 2 N–H and O–H groups in total. The molecule has 0 unspecified atom stereocenters. The Hall–Kier alpha value is -0.800. The second-order valence-corrected chi connectivity index (χ2v) is 9.77. The molecule has 0 amide bonds. The van der Waals surface area contributed by atoms with Crippen LogP contribution in [-0.2, 0) is 14.4 Å². The van der Waals surface area contributed by atoms with Gasteiger partial charge < -0.3 is 10.3 Å². The number of nitrogens with two attached hydrogens (primary N) is 1. The second-order valence-electron chi connectivity index (χ2n) is 3.89. The van der Waals surface area contributed by atoms with Crippen molar-refractivity contribution in [2.24, 2.45) is 0 Å². The van der Waals surface area contributed by atoms with Crippen LogP contribution < -0.4 is 5.73 Å². The third kappa shape index (κ3) is 3.68. The largest absolute Gasteiger partial charge is 0.399 e. The van der Waals surface area contributed by atoms with Crippen molar-refractivity contribution in [2.75, 3.05) is 24.6 Å². The third-order valence-electron chi connectivity index (χ3n) is 1.72. The molecule has 1 aromatic rings. The van der Waals surface area contributed by atoms with Crippen LogP contribution in [0.4, 0.5) is 5.69 Å². The van der Waals surface area contributed by atoms with E-state index in [0.717, 1.165) is 0 Å². The lowest BCUT2D eigenvalue weighted by molar-refractivity contribution is 0.580. The molecule has 0 aliphatic rings. The van der Waals surface area contributed by atoms with Crippen LogP contribution >= 0.6 is 7.14 Å². The molecule has 0 spiro atoms. The van der Waals surface area contributed by atoms with E-state index in [0.29, 0.717) is 5.69 Å². The summed E-state index contributed by atoms with van der Waals surface area (Å²) in [5.74, 6) is 0. The van der Waals surface area contributed by atoms with Crippen LogP contribution in [0.15, 0.2) is 29.2 Å². The topological polar surface area (TPSA) is 77.2 Å². The quantitative estimate of drug-likeness (QED) is 0.650. The van der Waals surface area contributed by atoms with Crippen molar-refractivity contribution in [3.63, 3.8) is 0 Å². The molecule has 6 heteroatoms. The monoisotopic (exact) mass is 247 g/mol. The molecule has 1 rings (SSSR count). The van der Waals surface area contributed by atoms with E-state index in [1.807, 2.05) is 0 Å². The molecule has 15 heavy (non-hydrogen) atoms. The lowest BCUT2D eigenvalue weighted by Crippen LogP contribution is -2.06. The van der Waals surface area contributed by atoms with Crippen molar-refractivity contribution in [2.45, 2.75) is 4.90 Å². The normalized spacial score (nSPS) is 12.7. The number of nitrogen functional groups attached to an aromatic ring is 1. The maximum absolute atomic E-state index is 11.7. The first-order valence-electron chi connectivity index (χ1n) is 4.33. The molecule has 0 aliphatic heterocycles. The second kappa shape index (κ2) is 3.99. The van der Waals surface area contributed by atoms with Gasteiger partial charge in [0.15, 0.2) is 9.84 Å². The predicted octanol–water partition coefficient (Wildman–Crippen LogP) is 1.62. The summed E-state index contributed by atoms with van der Waals surface area (Å²) in [6.07, 6.45) is 0. The number of benzene rings is 1. The van der Waals surface area contributed by atoms with E-state index in [-0.39, 0.29) is 10.4 Å². The minimum atomic E-state index is -3.45. The Kier molecular flexibility index (Phi) is 3.26. The SMILES string of the molecule is CP(C)(=O)CS(=O)(=O)c1ccc(N)cc1. The predicted molar refractivity (Wildman–Crippen MR) is 62.4 cm³/mol. The number of sulfone groups is 1. The molecule has 0 atom stereocenters. The van der Waals surface area contributed by atoms with Crippen LogP contribution in [0.2, 0.25) is 0 Å². The molecule has 0 bridgehead atoms. The van der Waals surface area contributed by atoms with Gasteiger partial charge in [0, 0.05) is 5.69 Å². The summed E-state index contributed by atoms with van der Waals surface area (Å²) in [5, 5.41) is 0. The third-order valence-corrected chi connectivity index (χ3v) is 6.56. The first-order valence-corrected chi connectivity index (χ1v) is 8.77. The molecule has 0 aromatic heterocycles. The van der Waals surface area contributed by atoms with E-state index in [1.165, 1.54) is 37.6 Å². The van der Waals surface area contributed by atoms with E-state index in [1.54, 1.807) is 0 Å². The van der Waals surface area contributed by atoms with E-state index in [2.05, 4.69) is 0 Å².